The van der Waals surface area contributed by atoms with Gasteiger partial charge in [-0.15, -0.1) is 0 Å². The van der Waals surface area contributed by atoms with Crippen LogP contribution in [0.4, 0.5) is 4.79 Å². The van der Waals surface area contributed by atoms with Gasteiger partial charge in [-0.25, -0.2) is 4.79 Å². The fraction of sp³-hybridized carbons (Fsp3) is 0.429. The van der Waals surface area contributed by atoms with E-state index in [1.807, 2.05) is 41.3 Å². The van der Waals surface area contributed by atoms with Crippen molar-refractivity contribution in [2.75, 3.05) is 26.8 Å². The van der Waals surface area contributed by atoms with Gasteiger partial charge in [-0.3, -0.25) is 4.98 Å². The highest BCUT2D eigenvalue weighted by Crippen LogP contribution is 2.36. The van der Waals surface area contributed by atoms with Crippen molar-refractivity contribution in [3.05, 3.63) is 59.9 Å². The van der Waals surface area contributed by atoms with Gasteiger partial charge in [-0.2, -0.15) is 0 Å². The van der Waals surface area contributed by atoms with Gasteiger partial charge in [-0.05, 0) is 54.7 Å². The molecule has 2 aromatic rings. The number of aromatic nitrogens is 1. The molecule has 0 saturated carbocycles. The number of likely N-dealkylation sites (tertiary alicyclic amines) is 1. The standard InChI is InChI=1S/C21H25N3O3/c1-26-18-4-2-16(3-5-18)19(17-6-11-22-12-7-17)23-20(25)24-13-8-21(9-14-24)10-15-27-21/h2-7,11-12,19H,8-10,13-15H2,1H3,(H,23,25)/t19-/m1/s1. The molecule has 2 aliphatic heterocycles. The van der Waals surface area contributed by atoms with Crippen LogP contribution in [0, 0.1) is 0 Å². The molecule has 3 heterocycles. The third-order valence-electron chi connectivity index (χ3n) is 5.68. The monoisotopic (exact) mass is 367 g/mol. The number of nitrogens with one attached hydrogen (secondary N) is 1. The molecule has 0 aliphatic carbocycles. The fourth-order valence-corrected chi connectivity index (χ4v) is 3.83. The quantitative estimate of drug-likeness (QED) is 0.902. The number of pyridine rings is 1. The van der Waals surface area contributed by atoms with Gasteiger partial charge in [0, 0.05) is 25.5 Å². The normalized spacial score (nSPS) is 19.2. The van der Waals surface area contributed by atoms with E-state index in [4.69, 9.17) is 9.47 Å². The highest BCUT2D eigenvalue weighted by atomic mass is 16.5. The molecule has 0 radical (unpaired) electrons. The van der Waals surface area contributed by atoms with E-state index < -0.39 is 0 Å². The summed E-state index contributed by atoms with van der Waals surface area (Å²) < 4.78 is 11.0. The summed E-state index contributed by atoms with van der Waals surface area (Å²) in [5.74, 6) is 0.792. The minimum absolute atomic E-state index is 0.0390. The van der Waals surface area contributed by atoms with Crippen LogP contribution in [-0.2, 0) is 4.74 Å². The van der Waals surface area contributed by atoms with Crippen LogP contribution in [-0.4, -0.2) is 48.3 Å². The van der Waals surface area contributed by atoms with Gasteiger partial charge in [0.05, 0.1) is 25.4 Å². The Balaban J connectivity index is 1.49. The zero-order valence-corrected chi connectivity index (χ0v) is 15.6. The molecular formula is C21H25N3O3. The summed E-state index contributed by atoms with van der Waals surface area (Å²) in [6.45, 7) is 2.32. The number of amides is 2. The lowest BCUT2D eigenvalue weighted by Gasteiger charge is -2.47. The zero-order chi connectivity index (χ0) is 18.7. The Bertz CT molecular complexity index is 765. The van der Waals surface area contributed by atoms with Crippen molar-refractivity contribution >= 4 is 6.03 Å². The van der Waals surface area contributed by atoms with Gasteiger partial charge in [-0.1, -0.05) is 12.1 Å². The lowest BCUT2D eigenvalue weighted by atomic mass is 9.84. The molecule has 1 N–H and O–H groups in total. The molecule has 2 saturated heterocycles. The lowest BCUT2D eigenvalue weighted by Crippen LogP contribution is -2.55. The van der Waals surface area contributed by atoms with Crippen molar-refractivity contribution < 1.29 is 14.3 Å². The molecule has 4 rings (SSSR count). The summed E-state index contributed by atoms with van der Waals surface area (Å²) in [6.07, 6.45) is 6.45. The third kappa shape index (κ3) is 3.76. The van der Waals surface area contributed by atoms with Crippen molar-refractivity contribution in [2.24, 2.45) is 0 Å². The van der Waals surface area contributed by atoms with Crippen molar-refractivity contribution in [3.8, 4) is 5.75 Å². The van der Waals surface area contributed by atoms with Crippen LogP contribution in [0.2, 0.25) is 0 Å². The second kappa shape index (κ2) is 7.56. The molecule has 6 nitrogen and oxygen atoms in total. The number of piperidine rings is 1. The molecule has 1 atom stereocenters. The van der Waals surface area contributed by atoms with E-state index in [0.717, 1.165) is 55.8 Å². The first kappa shape index (κ1) is 17.8. The van der Waals surface area contributed by atoms with Crippen molar-refractivity contribution in [3.63, 3.8) is 0 Å². The maximum absolute atomic E-state index is 12.9. The minimum atomic E-state index is -0.234. The number of benzene rings is 1. The summed E-state index contributed by atoms with van der Waals surface area (Å²) in [4.78, 5) is 18.9. The highest BCUT2D eigenvalue weighted by molar-refractivity contribution is 5.75. The number of carbonyl (C=O) groups is 1. The van der Waals surface area contributed by atoms with E-state index in [2.05, 4.69) is 10.3 Å². The second-order valence-corrected chi connectivity index (χ2v) is 7.20. The average Bonchev–Trinajstić information content (AvgIpc) is 2.71. The molecule has 0 unspecified atom stereocenters. The number of hydrogen-bond donors (Lipinski definition) is 1. The lowest BCUT2D eigenvalue weighted by molar-refractivity contribution is -0.169. The zero-order valence-electron chi connectivity index (χ0n) is 15.6. The van der Waals surface area contributed by atoms with Gasteiger partial charge in [0.15, 0.2) is 0 Å². The van der Waals surface area contributed by atoms with Crippen LogP contribution in [0.15, 0.2) is 48.8 Å². The van der Waals surface area contributed by atoms with E-state index in [1.54, 1.807) is 19.5 Å². The van der Waals surface area contributed by atoms with E-state index in [9.17, 15) is 4.79 Å². The minimum Gasteiger partial charge on any atom is -0.497 e. The molecule has 1 aromatic carbocycles. The Kier molecular flexibility index (Phi) is 4.99. The van der Waals surface area contributed by atoms with Crippen LogP contribution in [0.5, 0.6) is 5.75 Å². The number of hydrogen-bond acceptors (Lipinski definition) is 4. The maximum Gasteiger partial charge on any atom is 0.318 e. The van der Waals surface area contributed by atoms with Crippen LogP contribution in [0.3, 0.4) is 0 Å². The molecule has 0 bridgehead atoms. The first-order chi connectivity index (χ1) is 13.2. The molecule has 6 heteroatoms. The molecule has 2 amide bonds. The molecule has 142 valence electrons. The van der Waals surface area contributed by atoms with Gasteiger partial charge in [0.2, 0.25) is 0 Å². The van der Waals surface area contributed by atoms with Crippen LogP contribution < -0.4 is 10.1 Å². The third-order valence-corrected chi connectivity index (χ3v) is 5.68. The maximum atomic E-state index is 12.9. The topological polar surface area (TPSA) is 63.7 Å². The van der Waals surface area contributed by atoms with Crippen LogP contribution >= 0.6 is 0 Å². The second-order valence-electron chi connectivity index (χ2n) is 7.20. The molecule has 1 spiro atoms. The predicted molar refractivity (Wildman–Crippen MR) is 102 cm³/mol. The fourth-order valence-electron chi connectivity index (χ4n) is 3.83. The van der Waals surface area contributed by atoms with E-state index in [0.29, 0.717) is 0 Å². The Hall–Kier alpha value is -2.60. The Labute approximate surface area is 159 Å². The summed E-state index contributed by atoms with van der Waals surface area (Å²) in [5, 5.41) is 3.20. The van der Waals surface area contributed by atoms with Crippen LogP contribution in [0.1, 0.15) is 36.4 Å². The first-order valence-corrected chi connectivity index (χ1v) is 9.42. The summed E-state index contributed by atoms with van der Waals surface area (Å²) >= 11 is 0. The SMILES string of the molecule is COc1ccc([C@@H](NC(=O)N2CCC3(CCO3)CC2)c2ccncc2)cc1. The first-order valence-electron chi connectivity index (χ1n) is 9.42. The average molecular weight is 367 g/mol. The van der Waals surface area contributed by atoms with Crippen molar-refractivity contribution in [1.29, 1.82) is 0 Å². The van der Waals surface area contributed by atoms with Crippen molar-refractivity contribution in [1.82, 2.24) is 15.2 Å². The summed E-state index contributed by atoms with van der Waals surface area (Å²) in [5.41, 5.74) is 2.04. The molecular weight excluding hydrogens is 342 g/mol. The van der Waals surface area contributed by atoms with E-state index in [-0.39, 0.29) is 17.7 Å². The molecule has 27 heavy (non-hydrogen) atoms. The predicted octanol–water partition coefficient (Wildman–Crippen LogP) is 3.14. The van der Waals surface area contributed by atoms with Gasteiger partial charge in [0.25, 0.3) is 0 Å². The summed E-state index contributed by atoms with van der Waals surface area (Å²) in [6, 6.07) is 11.4. The number of nitrogens with zero attached hydrogens (tertiary/aromatic N) is 2. The van der Waals surface area contributed by atoms with Crippen molar-refractivity contribution in [2.45, 2.75) is 30.9 Å². The number of ether oxygens (including phenoxy) is 2. The molecule has 2 aliphatic rings. The van der Waals surface area contributed by atoms with E-state index in [1.165, 1.54) is 0 Å². The Morgan fingerprint density at radius 2 is 1.74 bits per heavy atom. The number of rotatable bonds is 4. The molecule has 1 aromatic heterocycles. The largest absolute Gasteiger partial charge is 0.497 e. The molecule has 2 fully saturated rings. The van der Waals surface area contributed by atoms with Gasteiger partial charge >= 0.3 is 6.03 Å². The van der Waals surface area contributed by atoms with Crippen LogP contribution in [0.25, 0.3) is 0 Å². The van der Waals surface area contributed by atoms with Gasteiger partial charge < -0.3 is 19.7 Å². The number of carbonyl (C=O) groups excluding carboxylic acids is 1. The smallest absolute Gasteiger partial charge is 0.318 e. The van der Waals surface area contributed by atoms with E-state index >= 15 is 0 Å². The summed E-state index contributed by atoms with van der Waals surface area (Å²) in [7, 11) is 1.64. The Morgan fingerprint density at radius 3 is 2.30 bits per heavy atom. The number of urea groups is 1. The Morgan fingerprint density at radius 1 is 1.11 bits per heavy atom. The van der Waals surface area contributed by atoms with Gasteiger partial charge in [0.1, 0.15) is 5.75 Å². The highest BCUT2D eigenvalue weighted by Gasteiger charge is 2.42. The number of methoxy groups -OCH3 is 1.